The van der Waals surface area contributed by atoms with Crippen molar-refractivity contribution in [3.8, 4) is 0 Å². The zero-order valence-electron chi connectivity index (χ0n) is 7.12. The lowest BCUT2D eigenvalue weighted by atomic mass is 9.50. The third-order valence-corrected chi connectivity index (χ3v) is 3.60. The Hall–Kier alpha value is -0.570. The molecule has 68 valence electrons. The molecule has 3 N–H and O–H groups in total. The zero-order valence-corrected chi connectivity index (χ0v) is 7.12. The molecule has 2 fully saturated rings. The van der Waals surface area contributed by atoms with Crippen molar-refractivity contribution in [1.29, 1.82) is 0 Å². The highest BCUT2D eigenvalue weighted by atomic mass is 16.4. The summed E-state index contributed by atoms with van der Waals surface area (Å²) < 4.78 is 0. The van der Waals surface area contributed by atoms with Gasteiger partial charge in [0, 0.05) is 0 Å². The molecule has 0 heterocycles. The average Bonchev–Trinajstić information content (AvgIpc) is 1.80. The van der Waals surface area contributed by atoms with Crippen molar-refractivity contribution < 1.29 is 9.90 Å². The average molecular weight is 169 g/mol. The SMILES string of the molecule is N[C@H](C(=O)O)C1CC2(CCC2)C1. The number of rotatable bonds is 2. The van der Waals surface area contributed by atoms with Gasteiger partial charge in [-0.2, -0.15) is 0 Å². The van der Waals surface area contributed by atoms with Gasteiger partial charge in [0.05, 0.1) is 0 Å². The predicted octanol–water partition coefficient (Wildman–Crippen LogP) is 0.979. The van der Waals surface area contributed by atoms with Gasteiger partial charge < -0.3 is 10.8 Å². The number of carbonyl (C=O) groups is 1. The first kappa shape index (κ1) is 8.05. The van der Waals surface area contributed by atoms with Crippen molar-refractivity contribution in [3.05, 3.63) is 0 Å². The maximum absolute atomic E-state index is 10.5. The van der Waals surface area contributed by atoms with Crippen LogP contribution in [0.2, 0.25) is 0 Å². The van der Waals surface area contributed by atoms with Crippen LogP contribution in [0.3, 0.4) is 0 Å². The molecule has 0 aliphatic heterocycles. The summed E-state index contributed by atoms with van der Waals surface area (Å²) in [6.07, 6.45) is 6.04. The Bertz CT molecular complexity index is 203. The normalized spacial score (nSPS) is 29.1. The Kier molecular flexibility index (Phi) is 1.65. The summed E-state index contributed by atoms with van der Waals surface area (Å²) in [7, 11) is 0. The van der Waals surface area contributed by atoms with E-state index >= 15 is 0 Å². The minimum Gasteiger partial charge on any atom is -0.480 e. The first-order valence-electron chi connectivity index (χ1n) is 4.61. The molecule has 0 bridgehead atoms. The van der Waals surface area contributed by atoms with Crippen LogP contribution in [-0.2, 0) is 4.79 Å². The van der Waals surface area contributed by atoms with Gasteiger partial charge >= 0.3 is 5.97 Å². The van der Waals surface area contributed by atoms with Gasteiger partial charge in [0.2, 0.25) is 0 Å². The van der Waals surface area contributed by atoms with Crippen LogP contribution in [0.15, 0.2) is 0 Å². The molecule has 0 radical (unpaired) electrons. The minimum absolute atomic E-state index is 0.253. The molecule has 0 unspecified atom stereocenters. The fourth-order valence-corrected chi connectivity index (χ4v) is 2.59. The van der Waals surface area contributed by atoms with Crippen molar-refractivity contribution in [2.24, 2.45) is 17.1 Å². The molecule has 0 aromatic carbocycles. The molecule has 1 spiro atoms. The van der Waals surface area contributed by atoms with Gasteiger partial charge in [-0.1, -0.05) is 6.42 Å². The number of carboxylic acid groups (broad SMARTS) is 1. The summed E-state index contributed by atoms with van der Waals surface area (Å²) in [5, 5.41) is 8.65. The molecular formula is C9H15NO2. The number of aliphatic carboxylic acids is 1. The smallest absolute Gasteiger partial charge is 0.320 e. The molecule has 0 aromatic heterocycles. The summed E-state index contributed by atoms with van der Waals surface area (Å²) in [6, 6.07) is -0.615. The van der Waals surface area contributed by atoms with Crippen molar-refractivity contribution in [2.45, 2.75) is 38.1 Å². The number of hydrogen-bond acceptors (Lipinski definition) is 2. The van der Waals surface area contributed by atoms with Crippen LogP contribution in [0.4, 0.5) is 0 Å². The minimum atomic E-state index is -0.839. The predicted molar refractivity (Wildman–Crippen MR) is 44.6 cm³/mol. The quantitative estimate of drug-likeness (QED) is 0.647. The largest absolute Gasteiger partial charge is 0.480 e. The van der Waals surface area contributed by atoms with E-state index in [0.29, 0.717) is 5.41 Å². The highest BCUT2D eigenvalue weighted by Crippen LogP contribution is 2.59. The third kappa shape index (κ3) is 1.04. The van der Waals surface area contributed by atoms with Gasteiger partial charge in [-0.15, -0.1) is 0 Å². The number of hydrogen-bond donors (Lipinski definition) is 2. The lowest BCUT2D eigenvalue weighted by Crippen LogP contribution is -2.52. The molecule has 3 heteroatoms. The second kappa shape index (κ2) is 2.46. The monoisotopic (exact) mass is 169 g/mol. The third-order valence-electron chi connectivity index (χ3n) is 3.60. The van der Waals surface area contributed by atoms with E-state index < -0.39 is 12.0 Å². The summed E-state index contributed by atoms with van der Waals surface area (Å²) in [6.45, 7) is 0. The maximum atomic E-state index is 10.5. The standard InChI is InChI=1S/C9H15NO2/c10-7(8(11)12)6-4-9(5-6)2-1-3-9/h6-7H,1-5,10H2,(H,11,12)/t7-/m0/s1. The van der Waals surface area contributed by atoms with Crippen molar-refractivity contribution in [2.75, 3.05) is 0 Å². The summed E-state index contributed by atoms with van der Waals surface area (Å²) >= 11 is 0. The molecule has 2 aliphatic rings. The molecule has 2 saturated carbocycles. The van der Waals surface area contributed by atoms with Crippen LogP contribution < -0.4 is 5.73 Å². The van der Waals surface area contributed by atoms with E-state index in [2.05, 4.69) is 0 Å². The number of nitrogens with two attached hydrogens (primary N) is 1. The second-order valence-electron chi connectivity index (χ2n) is 4.39. The molecule has 1 atom stereocenters. The number of carboxylic acids is 1. The van der Waals surface area contributed by atoms with E-state index in [-0.39, 0.29) is 5.92 Å². The highest BCUT2D eigenvalue weighted by molar-refractivity contribution is 5.73. The van der Waals surface area contributed by atoms with E-state index in [9.17, 15) is 4.79 Å². The Labute approximate surface area is 71.9 Å². The van der Waals surface area contributed by atoms with Crippen LogP contribution in [-0.4, -0.2) is 17.1 Å². The molecule has 0 amide bonds. The molecule has 2 rings (SSSR count). The van der Waals surface area contributed by atoms with Gasteiger partial charge in [-0.05, 0) is 37.0 Å². The van der Waals surface area contributed by atoms with E-state index in [1.165, 1.54) is 19.3 Å². The van der Waals surface area contributed by atoms with E-state index in [0.717, 1.165) is 12.8 Å². The molecule has 12 heavy (non-hydrogen) atoms. The summed E-state index contributed by atoms with van der Waals surface area (Å²) in [4.78, 5) is 10.5. The van der Waals surface area contributed by atoms with Gasteiger partial charge in [-0.3, -0.25) is 4.79 Å². The van der Waals surface area contributed by atoms with Crippen LogP contribution in [0, 0.1) is 11.3 Å². The Balaban J connectivity index is 1.84. The van der Waals surface area contributed by atoms with Gasteiger partial charge in [0.15, 0.2) is 0 Å². The lowest BCUT2D eigenvalue weighted by molar-refractivity contribution is -0.144. The van der Waals surface area contributed by atoms with E-state index in [4.69, 9.17) is 10.8 Å². The summed E-state index contributed by atoms with van der Waals surface area (Å²) in [5.41, 5.74) is 6.06. The van der Waals surface area contributed by atoms with Crippen molar-refractivity contribution in [3.63, 3.8) is 0 Å². The van der Waals surface area contributed by atoms with Gasteiger partial charge in [0.1, 0.15) is 6.04 Å². The van der Waals surface area contributed by atoms with Crippen molar-refractivity contribution >= 4 is 5.97 Å². The lowest BCUT2D eigenvalue weighted by Gasteiger charge is -2.55. The van der Waals surface area contributed by atoms with Gasteiger partial charge in [0.25, 0.3) is 0 Å². The van der Waals surface area contributed by atoms with Crippen molar-refractivity contribution in [1.82, 2.24) is 0 Å². The molecule has 2 aliphatic carbocycles. The van der Waals surface area contributed by atoms with Crippen LogP contribution in [0.1, 0.15) is 32.1 Å². The Morgan fingerprint density at radius 1 is 1.50 bits per heavy atom. The van der Waals surface area contributed by atoms with Crippen LogP contribution >= 0.6 is 0 Å². The fourth-order valence-electron chi connectivity index (χ4n) is 2.59. The van der Waals surface area contributed by atoms with E-state index in [1.54, 1.807) is 0 Å². The summed E-state index contributed by atoms with van der Waals surface area (Å²) in [5.74, 6) is -0.586. The zero-order chi connectivity index (χ0) is 8.77. The van der Waals surface area contributed by atoms with Crippen LogP contribution in [0.5, 0.6) is 0 Å². The topological polar surface area (TPSA) is 63.3 Å². The fraction of sp³-hybridized carbons (Fsp3) is 0.889. The van der Waals surface area contributed by atoms with Gasteiger partial charge in [-0.25, -0.2) is 0 Å². The maximum Gasteiger partial charge on any atom is 0.320 e. The molecule has 0 saturated heterocycles. The first-order chi connectivity index (χ1) is 5.63. The molecule has 3 nitrogen and oxygen atoms in total. The Morgan fingerprint density at radius 3 is 2.42 bits per heavy atom. The van der Waals surface area contributed by atoms with E-state index in [1.807, 2.05) is 0 Å². The highest BCUT2D eigenvalue weighted by Gasteiger charge is 2.50. The molecule has 0 aromatic rings. The Morgan fingerprint density at radius 2 is 2.08 bits per heavy atom. The first-order valence-corrected chi connectivity index (χ1v) is 4.61. The van der Waals surface area contributed by atoms with Crippen LogP contribution in [0.25, 0.3) is 0 Å². The molecular weight excluding hydrogens is 154 g/mol. The second-order valence-corrected chi connectivity index (χ2v) is 4.39.